The lowest BCUT2D eigenvalue weighted by Crippen LogP contribution is -3.00. The SMILES string of the molecule is CC(CCC(=O)NC1CC[N+](COC(=O)C(C)(C)C)(c2ccccc2)CC1)[C@H]1CC[C@H]2[C@@H]3CCC4CCCC[C@]4(C)[C@H]3CC[C@]12C.[Cl-]. The molecule has 264 valence electrons. The lowest BCUT2D eigenvalue weighted by Gasteiger charge is -2.61. The predicted octanol–water partition coefficient (Wildman–Crippen LogP) is 6.29. The van der Waals surface area contributed by atoms with E-state index in [1.54, 1.807) is 0 Å². The third-order valence-corrected chi connectivity index (χ3v) is 14.7. The third-order valence-electron chi connectivity index (χ3n) is 14.7. The van der Waals surface area contributed by atoms with Crippen LogP contribution in [0.5, 0.6) is 0 Å². The van der Waals surface area contributed by atoms with Crippen LogP contribution in [0.2, 0.25) is 0 Å². The topological polar surface area (TPSA) is 55.4 Å². The highest BCUT2D eigenvalue weighted by molar-refractivity contribution is 5.76. The van der Waals surface area contributed by atoms with Gasteiger partial charge < -0.3 is 22.5 Å². The molecule has 1 amide bonds. The molecule has 47 heavy (non-hydrogen) atoms. The van der Waals surface area contributed by atoms with Gasteiger partial charge in [0.1, 0.15) is 5.69 Å². The average Bonchev–Trinajstić information content (AvgIpc) is 3.40. The van der Waals surface area contributed by atoms with Gasteiger partial charge in [-0.1, -0.05) is 51.8 Å². The molecule has 1 aromatic rings. The number of para-hydroxylation sites is 1. The fraction of sp³-hybridized carbons (Fsp3) is 0.805. The molecule has 1 aliphatic heterocycles. The van der Waals surface area contributed by atoms with Crippen molar-refractivity contribution in [2.24, 2.45) is 51.8 Å². The third kappa shape index (κ3) is 7.19. The fourth-order valence-electron chi connectivity index (χ4n) is 11.9. The summed E-state index contributed by atoms with van der Waals surface area (Å²) in [5, 5.41) is 3.42. The van der Waals surface area contributed by atoms with Crippen molar-refractivity contribution in [3.05, 3.63) is 30.3 Å². The Morgan fingerprint density at radius 1 is 0.894 bits per heavy atom. The van der Waals surface area contributed by atoms with Gasteiger partial charge in [0.2, 0.25) is 12.6 Å². The molecule has 4 aliphatic carbocycles. The zero-order valence-electron chi connectivity index (χ0n) is 30.5. The molecule has 8 atom stereocenters. The Kier molecular flexibility index (Phi) is 11.2. The van der Waals surface area contributed by atoms with Crippen LogP contribution < -0.4 is 22.2 Å². The second-order valence-corrected chi connectivity index (χ2v) is 18.2. The first-order valence-electron chi connectivity index (χ1n) is 19.2. The molecule has 1 saturated heterocycles. The molecule has 0 bridgehead atoms. The molecular formula is C41H65ClN2O3. The first-order valence-corrected chi connectivity index (χ1v) is 19.2. The number of fused-ring (bicyclic) bond motifs is 5. The zero-order valence-corrected chi connectivity index (χ0v) is 31.3. The van der Waals surface area contributed by atoms with E-state index in [2.05, 4.69) is 50.4 Å². The Morgan fingerprint density at radius 2 is 1.60 bits per heavy atom. The normalized spacial score (nSPS) is 38.9. The van der Waals surface area contributed by atoms with Gasteiger partial charge in [-0.25, -0.2) is 0 Å². The second kappa shape index (κ2) is 14.3. The highest BCUT2D eigenvalue weighted by Crippen LogP contribution is 2.68. The van der Waals surface area contributed by atoms with E-state index in [-0.39, 0.29) is 30.3 Å². The molecule has 5 nitrogen and oxygen atoms in total. The van der Waals surface area contributed by atoms with Gasteiger partial charge in [0, 0.05) is 25.3 Å². The number of esters is 1. The minimum Gasteiger partial charge on any atom is -1.00 e. The number of nitrogens with one attached hydrogen (secondary N) is 1. The number of likely N-dealkylation sites (tertiary alicyclic amines) is 1. The number of carbonyl (C=O) groups excluding carboxylic acids is 2. The predicted molar refractivity (Wildman–Crippen MR) is 188 cm³/mol. The number of hydrogen-bond donors (Lipinski definition) is 1. The van der Waals surface area contributed by atoms with Crippen molar-refractivity contribution in [3.8, 4) is 0 Å². The smallest absolute Gasteiger partial charge is 0.315 e. The average molecular weight is 669 g/mol. The number of amides is 1. The molecule has 0 spiro atoms. The van der Waals surface area contributed by atoms with Crippen LogP contribution in [0.25, 0.3) is 0 Å². The first-order chi connectivity index (χ1) is 21.9. The van der Waals surface area contributed by atoms with Gasteiger partial charge in [0.25, 0.3) is 0 Å². The van der Waals surface area contributed by atoms with E-state index in [1.165, 1.54) is 69.9 Å². The molecule has 0 radical (unpaired) electrons. The van der Waals surface area contributed by atoms with Crippen LogP contribution in [0.4, 0.5) is 5.69 Å². The molecule has 5 aliphatic rings. The quantitative estimate of drug-likeness (QED) is 0.262. The van der Waals surface area contributed by atoms with Crippen molar-refractivity contribution >= 4 is 17.6 Å². The van der Waals surface area contributed by atoms with Crippen molar-refractivity contribution in [2.75, 3.05) is 19.8 Å². The number of quaternary nitrogens is 1. The van der Waals surface area contributed by atoms with Crippen molar-refractivity contribution < 1.29 is 26.7 Å². The van der Waals surface area contributed by atoms with E-state index in [4.69, 9.17) is 4.74 Å². The Bertz CT molecular complexity index is 1220. The second-order valence-electron chi connectivity index (χ2n) is 18.2. The summed E-state index contributed by atoms with van der Waals surface area (Å²) in [6, 6.07) is 10.6. The molecular weight excluding hydrogens is 604 g/mol. The Hall–Kier alpha value is -1.59. The van der Waals surface area contributed by atoms with E-state index in [1.807, 2.05) is 26.8 Å². The number of piperidine rings is 1. The van der Waals surface area contributed by atoms with Crippen molar-refractivity contribution in [3.63, 3.8) is 0 Å². The summed E-state index contributed by atoms with van der Waals surface area (Å²) in [7, 11) is 0. The summed E-state index contributed by atoms with van der Waals surface area (Å²) in [5.74, 6) is 5.23. The highest BCUT2D eigenvalue weighted by atomic mass is 35.5. The van der Waals surface area contributed by atoms with Crippen molar-refractivity contribution in [1.82, 2.24) is 9.80 Å². The first kappa shape index (κ1) is 36.7. The monoisotopic (exact) mass is 668 g/mol. The summed E-state index contributed by atoms with van der Waals surface area (Å²) in [6.07, 6.45) is 18.0. The number of ether oxygens (including phenoxy) is 1. The Labute approximate surface area is 292 Å². The standard InChI is InChI=1S/C41H64N2O3.ClH/c1-29(34-18-19-35-33-17-16-30-12-10-11-24-40(30,5)36(33)21-25-41(34,35)6)15-20-37(44)42-31-22-26-43(27-23-31,32-13-8-7-9-14-32)28-46-38(45)39(2,3)4;/h7-9,13-14,29-31,33-36H,10-12,15-28H2,1-6H3;1H/t29?,30?,31?,33-,34+,35-,36-,40-,41+,43?;/m0./s1. The largest absolute Gasteiger partial charge is 1.00 e. The minimum absolute atomic E-state index is 0. The van der Waals surface area contributed by atoms with Gasteiger partial charge in [-0.2, -0.15) is 0 Å². The summed E-state index contributed by atoms with van der Waals surface area (Å²) >= 11 is 0. The van der Waals surface area contributed by atoms with E-state index in [9.17, 15) is 9.59 Å². The van der Waals surface area contributed by atoms with E-state index in [0.717, 1.165) is 61.9 Å². The van der Waals surface area contributed by atoms with Crippen LogP contribution in [0.1, 0.15) is 131 Å². The van der Waals surface area contributed by atoms with Crippen LogP contribution in [0.15, 0.2) is 30.3 Å². The van der Waals surface area contributed by atoms with Crippen LogP contribution >= 0.6 is 0 Å². The van der Waals surface area contributed by atoms with Gasteiger partial charge in [-0.05, 0) is 137 Å². The number of rotatable bonds is 8. The summed E-state index contributed by atoms with van der Waals surface area (Å²) in [5.41, 5.74) is 1.74. The lowest BCUT2D eigenvalue weighted by molar-refractivity contribution is -0.158. The number of carbonyl (C=O) groups is 2. The number of hydrogen-bond acceptors (Lipinski definition) is 3. The van der Waals surface area contributed by atoms with Crippen molar-refractivity contribution in [1.29, 1.82) is 0 Å². The minimum atomic E-state index is -0.521. The summed E-state index contributed by atoms with van der Waals surface area (Å²) in [6.45, 7) is 15.6. The van der Waals surface area contributed by atoms with Crippen LogP contribution in [0.3, 0.4) is 0 Å². The Balaban J connectivity index is 0.00000433. The maximum atomic E-state index is 13.3. The van der Waals surface area contributed by atoms with E-state index < -0.39 is 5.41 Å². The lowest BCUT2D eigenvalue weighted by atomic mass is 9.44. The van der Waals surface area contributed by atoms with Crippen LogP contribution in [-0.4, -0.2) is 37.7 Å². The van der Waals surface area contributed by atoms with Gasteiger partial charge in [-0.15, -0.1) is 0 Å². The van der Waals surface area contributed by atoms with Crippen molar-refractivity contribution in [2.45, 2.75) is 137 Å². The van der Waals surface area contributed by atoms with Gasteiger partial charge in [0.05, 0.1) is 18.5 Å². The van der Waals surface area contributed by atoms with Crippen LogP contribution in [-0.2, 0) is 14.3 Å². The molecule has 1 aromatic carbocycles. The summed E-state index contributed by atoms with van der Waals surface area (Å²) < 4.78 is 6.52. The fourth-order valence-corrected chi connectivity index (χ4v) is 11.9. The van der Waals surface area contributed by atoms with Gasteiger partial charge in [0.15, 0.2) is 0 Å². The maximum absolute atomic E-state index is 13.3. The molecule has 5 fully saturated rings. The molecule has 6 rings (SSSR count). The molecule has 1 heterocycles. The molecule has 0 aromatic heterocycles. The highest BCUT2D eigenvalue weighted by Gasteiger charge is 2.60. The number of halogens is 1. The van der Waals surface area contributed by atoms with E-state index in [0.29, 0.717) is 34.4 Å². The van der Waals surface area contributed by atoms with Crippen LogP contribution in [0, 0.1) is 51.8 Å². The molecule has 1 N–H and O–H groups in total. The zero-order chi connectivity index (χ0) is 32.7. The molecule has 4 saturated carbocycles. The van der Waals surface area contributed by atoms with E-state index >= 15 is 0 Å². The molecule has 2 unspecified atom stereocenters. The maximum Gasteiger partial charge on any atom is 0.315 e. The molecule has 6 heteroatoms. The van der Waals surface area contributed by atoms with Gasteiger partial charge in [-0.3, -0.25) is 14.1 Å². The number of nitrogens with zero attached hydrogens (tertiary/aromatic N) is 1. The van der Waals surface area contributed by atoms with Gasteiger partial charge >= 0.3 is 5.97 Å². The Morgan fingerprint density at radius 3 is 2.30 bits per heavy atom. The number of benzene rings is 1. The summed E-state index contributed by atoms with van der Waals surface area (Å²) in [4.78, 5) is 26.0.